The minimum absolute atomic E-state index is 0.118. The number of aldehydes is 1. The van der Waals surface area contributed by atoms with Gasteiger partial charge in [-0.3, -0.25) is 24.0 Å². The van der Waals surface area contributed by atoms with E-state index >= 15 is 0 Å². The van der Waals surface area contributed by atoms with E-state index in [0.717, 1.165) is 143 Å². The second-order valence-corrected chi connectivity index (χ2v) is 28.0. The third kappa shape index (κ3) is 18.9. The number of piperazine rings is 5. The van der Waals surface area contributed by atoms with Crippen LogP contribution in [-0.2, 0) is 28.8 Å². The zero-order valence-electron chi connectivity index (χ0n) is 51.6. The number of aliphatic hydroxyl groups excluding tert-OH is 2. The lowest BCUT2D eigenvalue weighted by molar-refractivity contribution is -0.136. The Labute approximate surface area is 466 Å². The fourth-order valence-corrected chi connectivity index (χ4v) is 12.6. The van der Waals surface area contributed by atoms with Crippen LogP contribution in [0.1, 0.15) is 129 Å². The van der Waals surface area contributed by atoms with Crippen molar-refractivity contribution in [3.05, 3.63) is 0 Å². The third-order valence-corrected chi connectivity index (χ3v) is 17.1. The highest BCUT2D eigenvalue weighted by Gasteiger charge is 2.48. The number of likely N-dealkylation sites (N-methyl/N-ethyl adjacent to an activating group) is 5. The lowest BCUT2D eigenvalue weighted by Crippen LogP contribution is -2.50. The Balaban J connectivity index is 0.000000201. The third-order valence-electron chi connectivity index (χ3n) is 17.1. The van der Waals surface area contributed by atoms with Gasteiger partial charge in [0, 0.05) is 147 Å². The molecular formula is C59H110N10O8. The molecule has 0 aromatic carbocycles. The number of hydrogen-bond donors (Lipinski definition) is 2. The van der Waals surface area contributed by atoms with Crippen LogP contribution in [0.2, 0.25) is 0 Å². The summed E-state index contributed by atoms with van der Waals surface area (Å²) in [5.41, 5.74) is 0.736. The molecule has 0 radical (unpaired) electrons. The maximum absolute atomic E-state index is 12.2. The van der Waals surface area contributed by atoms with Crippen molar-refractivity contribution >= 4 is 35.8 Å². The highest BCUT2D eigenvalue weighted by Crippen LogP contribution is 2.40. The number of fused-ring (bicyclic) bond motifs is 5. The summed E-state index contributed by atoms with van der Waals surface area (Å²) in [7, 11) is 10.6. The molecule has 444 valence electrons. The normalized spacial score (nSPS) is 31.7. The Kier molecular flexibility index (Phi) is 24.5. The summed E-state index contributed by atoms with van der Waals surface area (Å²) in [6, 6.07) is 2.14. The highest BCUT2D eigenvalue weighted by molar-refractivity contribution is 5.84. The number of rotatable bonds is 2. The predicted octanol–water partition coefficient (Wildman–Crippen LogP) is 3.63. The smallest absolute Gasteiger partial charge is 0.228 e. The van der Waals surface area contributed by atoms with Crippen molar-refractivity contribution in [3.8, 4) is 0 Å². The number of aliphatic hydroxyl groups is 2. The summed E-state index contributed by atoms with van der Waals surface area (Å²) >= 11 is 0. The average Bonchev–Trinajstić information content (AvgIpc) is 4.12. The van der Waals surface area contributed by atoms with Crippen LogP contribution in [0.15, 0.2) is 0 Å². The summed E-state index contributed by atoms with van der Waals surface area (Å²) in [5.74, 6) is 1.58. The molecule has 77 heavy (non-hydrogen) atoms. The van der Waals surface area contributed by atoms with Crippen molar-refractivity contribution < 1.29 is 39.0 Å². The monoisotopic (exact) mass is 1090 g/mol. The molecule has 10 rings (SSSR count). The number of hydrogen-bond acceptors (Lipinski definition) is 13. The van der Waals surface area contributed by atoms with E-state index in [9.17, 15) is 34.2 Å². The van der Waals surface area contributed by atoms with E-state index < -0.39 is 12.2 Å². The Bertz CT molecular complexity index is 1820. The van der Waals surface area contributed by atoms with Gasteiger partial charge in [0.15, 0.2) is 0 Å². The van der Waals surface area contributed by atoms with Crippen molar-refractivity contribution in [2.24, 2.45) is 39.9 Å². The second-order valence-electron chi connectivity index (χ2n) is 28.0. The number of carbonyl (C=O) groups excluding carboxylic acids is 6. The van der Waals surface area contributed by atoms with E-state index in [0.29, 0.717) is 53.3 Å². The van der Waals surface area contributed by atoms with E-state index in [4.69, 9.17) is 4.79 Å². The number of nitrogens with zero attached hydrogens (tertiary/aromatic N) is 10. The molecule has 0 bridgehead atoms. The van der Waals surface area contributed by atoms with Gasteiger partial charge in [-0.2, -0.15) is 0 Å². The van der Waals surface area contributed by atoms with Crippen LogP contribution in [0.5, 0.6) is 0 Å². The largest absolute Gasteiger partial charge is 0.393 e. The van der Waals surface area contributed by atoms with Crippen molar-refractivity contribution in [1.29, 1.82) is 0 Å². The minimum Gasteiger partial charge on any atom is -0.393 e. The quantitative estimate of drug-likeness (QED) is 0.385. The van der Waals surface area contributed by atoms with Crippen molar-refractivity contribution in [3.63, 3.8) is 0 Å². The fourth-order valence-electron chi connectivity index (χ4n) is 12.6. The van der Waals surface area contributed by atoms with Crippen molar-refractivity contribution in [1.82, 2.24) is 49.0 Å². The molecule has 10 aliphatic rings. The SMILES string of the molecule is CC(C)(C)C.CC(O)C1CC2CN(C)CCN2C1=O.CC(O)C1CC2CN(C)CCN2C1=O.CC=O.CN1CCN2C(=O)C(C(C)(C)C)CC2C1.CN1CCN2C(=O)C(C(C)(C)C)CC2C1.CN1CCN2C(=O)CCC2C1. The van der Waals surface area contributed by atoms with Gasteiger partial charge < -0.3 is 64.0 Å². The minimum atomic E-state index is -0.501. The van der Waals surface area contributed by atoms with Gasteiger partial charge in [-0.05, 0) is 104 Å². The molecule has 0 aromatic heterocycles. The maximum Gasteiger partial charge on any atom is 0.228 e. The molecule has 18 heteroatoms. The first-order chi connectivity index (χ1) is 35.7. The molecular weight excluding hydrogens is 977 g/mol. The number of amides is 5. The maximum atomic E-state index is 12.2. The van der Waals surface area contributed by atoms with Crippen LogP contribution < -0.4 is 0 Å². The van der Waals surface area contributed by atoms with Crippen molar-refractivity contribution in [2.75, 3.05) is 133 Å². The second kappa shape index (κ2) is 28.4. The summed E-state index contributed by atoms with van der Waals surface area (Å²) in [4.78, 5) is 89.7. The van der Waals surface area contributed by atoms with Gasteiger partial charge in [0.05, 0.1) is 24.0 Å². The van der Waals surface area contributed by atoms with Crippen LogP contribution in [0, 0.1) is 39.9 Å². The number of carbonyl (C=O) groups is 6. The van der Waals surface area contributed by atoms with E-state index in [1.54, 1.807) is 13.8 Å². The fraction of sp³-hybridized carbons (Fsp3) is 0.898. The topological polar surface area (TPSA) is 175 Å². The first-order valence-electron chi connectivity index (χ1n) is 29.4. The summed E-state index contributed by atoms with van der Waals surface area (Å²) < 4.78 is 0. The molecule has 0 aromatic rings. The van der Waals surface area contributed by atoms with Gasteiger partial charge in [0.25, 0.3) is 0 Å². The van der Waals surface area contributed by atoms with Crippen LogP contribution >= 0.6 is 0 Å². The van der Waals surface area contributed by atoms with Crippen LogP contribution in [0.3, 0.4) is 0 Å². The van der Waals surface area contributed by atoms with Gasteiger partial charge in [-0.15, -0.1) is 0 Å². The lowest BCUT2D eigenvalue weighted by Gasteiger charge is -2.35. The van der Waals surface area contributed by atoms with Gasteiger partial charge >= 0.3 is 0 Å². The van der Waals surface area contributed by atoms with E-state index in [2.05, 4.69) is 139 Å². The summed E-state index contributed by atoms with van der Waals surface area (Å²) in [5, 5.41) is 18.9. The average molecular weight is 1090 g/mol. The van der Waals surface area contributed by atoms with E-state index in [1.165, 1.54) is 6.92 Å². The molecule has 18 nitrogen and oxygen atoms in total. The summed E-state index contributed by atoms with van der Waals surface area (Å²) in [6.07, 6.45) is 5.33. The Hall–Kier alpha value is -3.26. The highest BCUT2D eigenvalue weighted by atomic mass is 16.3. The van der Waals surface area contributed by atoms with Crippen LogP contribution in [0.4, 0.5) is 0 Å². The molecule has 0 spiro atoms. The van der Waals surface area contributed by atoms with Crippen LogP contribution in [0.25, 0.3) is 0 Å². The predicted molar refractivity (Wildman–Crippen MR) is 306 cm³/mol. The molecule has 2 N–H and O–H groups in total. The first-order valence-corrected chi connectivity index (χ1v) is 29.4. The Morgan fingerprint density at radius 2 is 0.675 bits per heavy atom. The van der Waals surface area contributed by atoms with Crippen molar-refractivity contribution in [2.45, 2.75) is 171 Å². The molecule has 0 aliphatic carbocycles. The zero-order valence-corrected chi connectivity index (χ0v) is 51.6. The molecule has 5 amide bonds. The summed E-state index contributed by atoms with van der Waals surface area (Å²) in [6.45, 7) is 41.2. The van der Waals surface area contributed by atoms with Crippen LogP contribution in [-0.4, -0.2) is 271 Å². The molecule has 10 saturated heterocycles. The van der Waals surface area contributed by atoms with Gasteiger partial charge in [-0.1, -0.05) is 69.2 Å². The van der Waals surface area contributed by atoms with E-state index in [1.807, 2.05) is 14.7 Å². The zero-order chi connectivity index (χ0) is 58.1. The Morgan fingerprint density at radius 3 is 0.948 bits per heavy atom. The van der Waals surface area contributed by atoms with Gasteiger partial charge in [0.2, 0.25) is 29.5 Å². The van der Waals surface area contributed by atoms with Gasteiger partial charge in [0.1, 0.15) is 6.29 Å². The molecule has 10 heterocycles. The standard InChI is InChI=1S/2C12H22N2O.2C10H18N2O2.C8H14N2O.C5H12.C2H4O/c2*1-12(2,3)10-7-9-8-13(4)5-6-14(9)11(10)15;2*1-7(13)9-5-8-6-11(2)3-4-12(8)10(9)14;1-9-4-5-10-7(6-9)2-3-8(10)11;1-5(2,3)4;1-2-3/h2*9-10H,5-8H2,1-4H3;2*7-9,13H,3-6H2,1-2H3;7H,2-6H2,1H3;1-4H3;2H,1H3. The molecule has 11 atom stereocenters. The molecule has 10 fully saturated rings. The lowest BCUT2D eigenvalue weighted by atomic mass is 9.79. The molecule has 10 aliphatic heterocycles. The Morgan fingerprint density at radius 1 is 0.429 bits per heavy atom. The molecule has 0 saturated carbocycles. The molecule has 11 unspecified atom stereocenters. The first kappa shape index (κ1) is 66.3. The van der Waals surface area contributed by atoms with E-state index in [-0.39, 0.29) is 46.3 Å². The van der Waals surface area contributed by atoms with Gasteiger partial charge in [-0.25, -0.2) is 0 Å².